The molecular formula is C17H31N3. The summed E-state index contributed by atoms with van der Waals surface area (Å²) in [5, 5.41) is 3.49. The van der Waals surface area contributed by atoms with Crippen molar-refractivity contribution in [1.82, 2.24) is 10.3 Å². The summed E-state index contributed by atoms with van der Waals surface area (Å²) in [4.78, 5) is 6.84. The fourth-order valence-electron chi connectivity index (χ4n) is 2.32. The summed E-state index contributed by atoms with van der Waals surface area (Å²) in [7, 11) is 0. The van der Waals surface area contributed by atoms with Crippen molar-refractivity contribution in [3.63, 3.8) is 0 Å². The van der Waals surface area contributed by atoms with E-state index in [-0.39, 0.29) is 0 Å². The summed E-state index contributed by atoms with van der Waals surface area (Å²) >= 11 is 0. The standard InChI is InChI=1S/C17H31N3/c1-4-7-12-20(13-8-5-2)17-9-11-19-15-16(17)14-18-10-6-3/h9,11,15,18H,4-8,10,12-14H2,1-3H3. The molecule has 0 radical (unpaired) electrons. The van der Waals surface area contributed by atoms with Gasteiger partial charge in [0.1, 0.15) is 0 Å². The van der Waals surface area contributed by atoms with Crippen LogP contribution in [0.15, 0.2) is 18.5 Å². The van der Waals surface area contributed by atoms with Crippen molar-refractivity contribution < 1.29 is 0 Å². The fraction of sp³-hybridized carbons (Fsp3) is 0.706. The Kier molecular flexibility index (Phi) is 9.05. The second-order valence-corrected chi connectivity index (χ2v) is 5.38. The van der Waals surface area contributed by atoms with E-state index in [1.54, 1.807) is 0 Å². The SMILES string of the molecule is CCCCN(CCCC)c1ccncc1CNCCC. The molecule has 0 saturated heterocycles. The lowest BCUT2D eigenvalue weighted by molar-refractivity contribution is 0.654. The number of nitrogens with zero attached hydrogens (tertiary/aromatic N) is 2. The Morgan fingerprint density at radius 1 is 1.05 bits per heavy atom. The molecule has 3 heteroatoms. The molecule has 1 rings (SSSR count). The van der Waals surface area contributed by atoms with Gasteiger partial charge in [-0.15, -0.1) is 0 Å². The molecule has 0 aromatic carbocycles. The molecule has 3 nitrogen and oxygen atoms in total. The van der Waals surface area contributed by atoms with E-state index < -0.39 is 0 Å². The Balaban J connectivity index is 2.75. The summed E-state index contributed by atoms with van der Waals surface area (Å²) in [5.74, 6) is 0. The molecule has 1 heterocycles. The number of aromatic nitrogens is 1. The zero-order chi connectivity index (χ0) is 14.6. The van der Waals surface area contributed by atoms with Crippen LogP contribution in [0.25, 0.3) is 0 Å². The molecule has 0 aliphatic heterocycles. The van der Waals surface area contributed by atoms with Crippen LogP contribution in [0.4, 0.5) is 5.69 Å². The van der Waals surface area contributed by atoms with Gasteiger partial charge in [0.15, 0.2) is 0 Å². The zero-order valence-corrected chi connectivity index (χ0v) is 13.5. The highest BCUT2D eigenvalue weighted by Gasteiger charge is 2.10. The van der Waals surface area contributed by atoms with E-state index in [2.05, 4.69) is 42.0 Å². The molecule has 0 aliphatic rings. The summed E-state index contributed by atoms with van der Waals surface area (Å²) in [5.41, 5.74) is 2.69. The molecular weight excluding hydrogens is 246 g/mol. The maximum atomic E-state index is 4.30. The summed E-state index contributed by atoms with van der Waals surface area (Å²) < 4.78 is 0. The van der Waals surface area contributed by atoms with Crippen LogP contribution in [0.3, 0.4) is 0 Å². The number of hydrogen-bond donors (Lipinski definition) is 1. The van der Waals surface area contributed by atoms with E-state index in [4.69, 9.17) is 0 Å². The predicted molar refractivity (Wildman–Crippen MR) is 88.3 cm³/mol. The molecule has 1 N–H and O–H groups in total. The molecule has 0 aliphatic carbocycles. The van der Waals surface area contributed by atoms with E-state index in [0.29, 0.717) is 0 Å². The van der Waals surface area contributed by atoms with Gasteiger partial charge >= 0.3 is 0 Å². The van der Waals surface area contributed by atoms with Crippen LogP contribution < -0.4 is 10.2 Å². The van der Waals surface area contributed by atoms with Crippen LogP contribution in [-0.2, 0) is 6.54 Å². The van der Waals surface area contributed by atoms with Gasteiger partial charge in [-0.25, -0.2) is 0 Å². The fourth-order valence-corrected chi connectivity index (χ4v) is 2.32. The van der Waals surface area contributed by atoms with E-state index in [1.165, 1.54) is 43.4 Å². The van der Waals surface area contributed by atoms with Gasteiger partial charge in [-0.3, -0.25) is 4.98 Å². The minimum absolute atomic E-state index is 0.922. The number of hydrogen-bond acceptors (Lipinski definition) is 3. The first kappa shape index (κ1) is 17.0. The average molecular weight is 277 g/mol. The maximum absolute atomic E-state index is 4.30. The molecule has 0 fully saturated rings. The Hall–Kier alpha value is -1.09. The first-order chi connectivity index (χ1) is 9.83. The Bertz CT molecular complexity index is 344. The minimum atomic E-state index is 0.922. The number of rotatable bonds is 11. The summed E-state index contributed by atoms with van der Waals surface area (Å²) in [6.07, 6.45) is 10.1. The topological polar surface area (TPSA) is 28.2 Å². The van der Waals surface area contributed by atoms with Gasteiger partial charge in [-0.05, 0) is 31.9 Å². The highest BCUT2D eigenvalue weighted by Crippen LogP contribution is 2.20. The highest BCUT2D eigenvalue weighted by atomic mass is 15.1. The van der Waals surface area contributed by atoms with Crippen molar-refractivity contribution in [2.75, 3.05) is 24.5 Å². The van der Waals surface area contributed by atoms with Gasteiger partial charge in [0.2, 0.25) is 0 Å². The number of nitrogens with one attached hydrogen (secondary N) is 1. The monoisotopic (exact) mass is 277 g/mol. The molecule has 1 aromatic rings. The largest absolute Gasteiger partial charge is 0.371 e. The van der Waals surface area contributed by atoms with Crippen LogP contribution in [0, 0.1) is 0 Å². The first-order valence-electron chi connectivity index (χ1n) is 8.22. The van der Waals surface area contributed by atoms with Crippen molar-refractivity contribution in [1.29, 1.82) is 0 Å². The Morgan fingerprint density at radius 2 is 1.75 bits per heavy atom. The van der Waals surface area contributed by atoms with Crippen molar-refractivity contribution >= 4 is 5.69 Å². The smallest absolute Gasteiger partial charge is 0.0442 e. The van der Waals surface area contributed by atoms with Crippen molar-refractivity contribution in [2.24, 2.45) is 0 Å². The van der Waals surface area contributed by atoms with Crippen LogP contribution in [-0.4, -0.2) is 24.6 Å². The van der Waals surface area contributed by atoms with Gasteiger partial charge in [0, 0.05) is 43.3 Å². The van der Waals surface area contributed by atoms with Crippen molar-refractivity contribution in [3.05, 3.63) is 24.0 Å². The van der Waals surface area contributed by atoms with E-state index in [0.717, 1.165) is 26.2 Å². The normalized spacial score (nSPS) is 10.8. The molecule has 0 unspecified atom stereocenters. The highest BCUT2D eigenvalue weighted by molar-refractivity contribution is 5.52. The second-order valence-electron chi connectivity index (χ2n) is 5.38. The predicted octanol–water partition coefficient (Wildman–Crippen LogP) is 3.99. The summed E-state index contributed by atoms with van der Waals surface area (Å²) in [6.45, 7) is 11.0. The molecule has 114 valence electrons. The Morgan fingerprint density at radius 3 is 2.35 bits per heavy atom. The van der Waals surface area contributed by atoms with Crippen LogP contribution in [0.1, 0.15) is 58.4 Å². The lowest BCUT2D eigenvalue weighted by Crippen LogP contribution is -2.28. The second kappa shape index (κ2) is 10.7. The number of pyridine rings is 1. The lowest BCUT2D eigenvalue weighted by Gasteiger charge is -2.27. The lowest BCUT2D eigenvalue weighted by atomic mass is 10.1. The average Bonchev–Trinajstić information content (AvgIpc) is 2.48. The van der Waals surface area contributed by atoms with E-state index in [9.17, 15) is 0 Å². The van der Waals surface area contributed by atoms with Crippen LogP contribution >= 0.6 is 0 Å². The molecule has 0 bridgehead atoms. The minimum Gasteiger partial charge on any atom is -0.371 e. The molecule has 0 saturated carbocycles. The van der Waals surface area contributed by atoms with Gasteiger partial charge < -0.3 is 10.2 Å². The quantitative estimate of drug-likeness (QED) is 0.620. The summed E-state index contributed by atoms with van der Waals surface area (Å²) in [6, 6.07) is 2.17. The van der Waals surface area contributed by atoms with Gasteiger partial charge in [-0.2, -0.15) is 0 Å². The van der Waals surface area contributed by atoms with Gasteiger partial charge in [-0.1, -0.05) is 33.6 Å². The molecule has 0 atom stereocenters. The maximum Gasteiger partial charge on any atom is 0.0442 e. The van der Waals surface area contributed by atoms with Gasteiger partial charge in [0.25, 0.3) is 0 Å². The molecule has 20 heavy (non-hydrogen) atoms. The Labute approximate surface area is 124 Å². The molecule has 0 amide bonds. The number of anilines is 1. The van der Waals surface area contributed by atoms with E-state index in [1.807, 2.05) is 12.4 Å². The third kappa shape index (κ3) is 5.91. The third-order valence-electron chi connectivity index (χ3n) is 3.52. The number of unbranched alkanes of at least 4 members (excludes halogenated alkanes) is 2. The molecule has 1 aromatic heterocycles. The van der Waals surface area contributed by atoms with Gasteiger partial charge in [0.05, 0.1) is 0 Å². The zero-order valence-electron chi connectivity index (χ0n) is 13.5. The molecule has 0 spiro atoms. The van der Waals surface area contributed by atoms with E-state index >= 15 is 0 Å². The van der Waals surface area contributed by atoms with Crippen LogP contribution in [0.2, 0.25) is 0 Å². The first-order valence-corrected chi connectivity index (χ1v) is 8.22. The van der Waals surface area contributed by atoms with Crippen molar-refractivity contribution in [3.8, 4) is 0 Å². The third-order valence-corrected chi connectivity index (χ3v) is 3.52. The van der Waals surface area contributed by atoms with Crippen molar-refractivity contribution in [2.45, 2.75) is 59.4 Å². The van der Waals surface area contributed by atoms with Crippen LogP contribution in [0.5, 0.6) is 0 Å².